The molecule has 26 heavy (non-hydrogen) atoms. The fourth-order valence-electron chi connectivity index (χ4n) is 3.08. The van der Waals surface area contributed by atoms with E-state index in [4.69, 9.17) is 4.74 Å². The maximum absolute atomic E-state index is 11.1. The molecule has 1 aromatic heterocycles. The quantitative estimate of drug-likeness (QED) is 0.508. The highest BCUT2D eigenvalue weighted by Gasteiger charge is 2.27. The van der Waals surface area contributed by atoms with E-state index in [-0.39, 0.29) is 6.10 Å². The maximum Gasteiger partial charge on any atom is 0.150 e. The van der Waals surface area contributed by atoms with E-state index in [0.717, 1.165) is 38.6 Å². The van der Waals surface area contributed by atoms with Crippen LogP contribution in [0.1, 0.15) is 48.5 Å². The van der Waals surface area contributed by atoms with Crippen molar-refractivity contribution in [3.05, 3.63) is 59.8 Å². The van der Waals surface area contributed by atoms with Crippen LogP contribution in [0.15, 0.2) is 48.7 Å². The number of aromatic nitrogens is 1. The molecular weight excluding hydrogens is 342 g/mol. The number of thiazole rings is 1. The van der Waals surface area contributed by atoms with Crippen LogP contribution >= 0.6 is 11.3 Å². The monoisotopic (exact) mass is 363 g/mol. The van der Waals surface area contributed by atoms with E-state index < -0.39 is 0 Å². The third-order valence-electron chi connectivity index (χ3n) is 4.48. The van der Waals surface area contributed by atoms with Crippen molar-refractivity contribution < 1.29 is 9.53 Å². The summed E-state index contributed by atoms with van der Waals surface area (Å²) in [7, 11) is 0. The van der Waals surface area contributed by atoms with Gasteiger partial charge in [0.2, 0.25) is 0 Å². The molecule has 0 radical (unpaired) electrons. The molecule has 0 saturated heterocycles. The molecule has 1 aliphatic rings. The predicted octanol–water partition coefficient (Wildman–Crippen LogP) is 5.95. The highest BCUT2D eigenvalue weighted by Crippen LogP contribution is 2.46. The van der Waals surface area contributed by atoms with E-state index in [2.05, 4.69) is 17.1 Å². The Morgan fingerprint density at radius 3 is 2.58 bits per heavy atom. The molecule has 0 aliphatic heterocycles. The zero-order valence-electron chi connectivity index (χ0n) is 14.9. The lowest BCUT2D eigenvalue weighted by molar-refractivity contribution is 0.112. The lowest BCUT2D eigenvalue weighted by atomic mass is 10.0. The van der Waals surface area contributed by atoms with E-state index in [1.807, 2.05) is 50.4 Å². The largest absolute Gasteiger partial charge is 0.491 e. The van der Waals surface area contributed by atoms with Crippen molar-refractivity contribution in [3.8, 4) is 26.8 Å². The summed E-state index contributed by atoms with van der Waals surface area (Å²) in [4.78, 5) is 16.9. The number of hydrogen-bond acceptors (Lipinski definition) is 4. The SMILES string of the molecule is CC(C)Oc1ccc(-c2cnc(-c3ccc(C=O)cc3C3CC3)s2)cc1. The smallest absolute Gasteiger partial charge is 0.150 e. The van der Waals surface area contributed by atoms with Crippen molar-refractivity contribution in [1.29, 1.82) is 0 Å². The molecule has 3 nitrogen and oxygen atoms in total. The van der Waals surface area contributed by atoms with E-state index in [1.54, 1.807) is 11.3 Å². The Morgan fingerprint density at radius 2 is 1.92 bits per heavy atom. The first-order chi connectivity index (χ1) is 12.6. The maximum atomic E-state index is 11.1. The second-order valence-electron chi connectivity index (χ2n) is 6.96. The van der Waals surface area contributed by atoms with Crippen LogP contribution in [0.4, 0.5) is 0 Å². The summed E-state index contributed by atoms with van der Waals surface area (Å²) in [6.45, 7) is 4.05. The standard InChI is InChI=1S/C22H21NO2S/c1-14(2)25-18-8-6-17(7-9-18)21-12-23-22(26-21)19-10-3-15(13-24)11-20(19)16-4-5-16/h3,6-14,16H,4-5H2,1-2H3. The second-order valence-corrected chi connectivity index (χ2v) is 7.99. The van der Waals surface area contributed by atoms with Gasteiger partial charge in [-0.25, -0.2) is 4.98 Å². The van der Waals surface area contributed by atoms with Crippen LogP contribution in [-0.2, 0) is 0 Å². The summed E-state index contributed by atoms with van der Waals surface area (Å²) < 4.78 is 5.71. The number of nitrogens with zero attached hydrogens (tertiary/aromatic N) is 1. The average molecular weight is 363 g/mol. The average Bonchev–Trinajstić information content (AvgIpc) is 3.38. The van der Waals surface area contributed by atoms with E-state index in [0.29, 0.717) is 5.92 Å². The van der Waals surface area contributed by atoms with E-state index in [1.165, 1.54) is 18.4 Å². The molecule has 0 bridgehead atoms. The molecule has 3 aromatic rings. The summed E-state index contributed by atoms with van der Waals surface area (Å²) in [5.41, 5.74) is 4.31. The molecule has 0 atom stereocenters. The Balaban J connectivity index is 1.63. The molecule has 0 unspecified atom stereocenters. The van der Waals surface area contributed by atoms with Crippen LogP contribution in [0.5, 0.6) is 5.75 Å². The van der Waals surface area contributed by atoms with Crippen molar-refractivity contribution >= 4 is 17.6 Å². The molecule has 1 aliphatic carbocycles. The zero-order valence-corrected chi connectivity index (χ0v) is 15.8. The van der Waals surface area contributed by atoms with Gasteiger partial charge in [-0.05, 0) is 74.1 Å². The number of carbonyl (C=O) groups excluding carboxylic acids is 1. The number of ether oxygens (including phenoxy) is 1. The van der Waals surface area contributed by atoms with Crippen LogP contribution < -0.4 is 4.74 Å². The Morgan fingerprint density at radius 1 is 1.15 bits per heavy atom. The van der Waals surface area contributed by atoms with Crippen LogP contribution in [-0.4, -0.2) is 17.4 Å². The van der Waals surface area contributed by atoms with Crippen molar-refractivity contribution in [2.45, 2.75) is 38.7 Å². The lowest BCUT2D eigenvalue weighted by Gasteiger charge is -2.09. The van der Waals surface area contributed by atoms with Gasteiger partial charge in [-0.15, -0.1) is 11.3 Å². The molecule has 1 fully saturated rings. The minimum absolute atomic E-state index is 0.172. The first-order valence-electron chi connectivity index (χ1n) is 8.96. The first-order valence-corrected chi connectivity index (χ1v) is 9.78. The molecule has 0 amide bonds. The van der Waals surface area contributed by atoms with Crippen LogP contribution in [0.2, 0.25) is 0 Å². The van der Waals surface area contributed by atoms with Gasteiger partial charge in [0.05, 0.1) is 11.0 Å². The number of aldehydes is 1. The molecule has 0 N–H and O–H groups in total. The van der Waals surface area contributed by atoms with E-state index >= 15 is 0 Å². The van der Waals surface area contributed by atoms with Gasteiger partial charge in [-0.2, -0.15) is 0 Å². The topological polar surface area (TPSA) is 39.2 Å². The third-order valence-corrected chi connectivity index (χ3v) is 5.56. The summed E-state index contributed by atoms with van der Waals surface area (Å²) in [5, 5.41) is 1.02. The van der Waals surface area contributed by atoms with Crippen LogP contribution in [0, 0.1) is 0 Å². The molecule has 1 heterocycles. The van der Waals surface area contributed by atoms with Crippen LogP contribution in [0.25, 0.3) is 21.0 Å². The third kappa shape index (κ3) is 3.56. The number of hydrogen-bond donors (Lipinski definition) is 0. The number of carbonyl (C=O) groups is 1. The lowest BCUT2D eigenvalue weighted by Crippen LogP contribution is -2.04. The van der Waals surface area contributed by atoms with Gasteiger partial charge in [-0.3, -0.25) is 4.79 Å². The summed E-state index contributed by atoms with van der Waals surface area (Å²) in [6.07, 6.45) is 5.42. The fourth-order valence-corrected chi connectivity index (χ4v) is 4.05. The van der Waals surface area contributed by atoms with Crippen molar-refractivity contribution in [2.24, 2.45) is 0 Å². The molecule has 132 valence electrons. The van der Waals surface area contributed by atoms with Gasteiger partial charge in [0.1, 0.15) is 17.0 Å². The Labute approximate surface area is 157 Å². The molecule has 1 saturated carbocycles. The molecular formula is C22H21NO2S. The van der Waals surface area contributed by atoms with Crippen LogP contribution in [0.3, 0.4) is 0 Å². The highest BCUT2D eigenvalue weighted by atomic mass is 32.1. The molecule has 0 spiro atoms. The highest BCUT2D eigenvalue weighted by molar-refractivity contribution is 7.18. The van der Waals surface area contributed by atoms with Gasteiger partial charge in [-0.1, -0.05) is 12.1 Å². The van der Waals surface area contributed by atoms with Gasteiger partial charge < -0.3 is 4.74 Å². The first kappa shape index (κ1) is 17.0. The van der Waals surface area contributed by atoms with E-state index in [9.17, 15) is 4.79 Å². The summed E-state index contributed by atoms with van der Waals surface area (Å²) >= 11 is 1.69. The van der Waals surface area contributed by atoms with Gasteiger partial charge in [0.15, 0.2) is 0 Å². The molecule has 4 heteroatoms. The minimum Gasteiger partial charge on any atom is -0.491 e. The Hall–Kier alpha value is -2.46. The number of rotatable bonds is 6. The zero-order chi connectivity index (χ0) is 18.1. The molecule has 2 aromatic carbocycles. The van der Waals surface area contributed by atoms with Crippen molar-refractivity contribution in [3.63, 3.8) is 0 Å². The van der Waals surface area contributed by atoms with Gasteiger partial charge in [0, 0.05) is 17.3 Å². The predicted molar refractivity (Wildman–Crippen MR) is 106 cm³/mol. The summed E-state index contributed by atoms with van der Waals surface area (Å²) in [6, 6.07) is 14.1. The molecule has 4 rings (SSSR count). The number of benzene rings is 2. The summed E-state index contributed by atoms with van der Waals surface area (Å²) in [5.74, 6) is 1.46. The van der Waals surface area contributed by atoms with Crippen molar-refractivity contribution in [2.75, 3.05) is 0 Å². The Bertz CT molecular complexity index is 924. The normalized spacial score (nSPS) is 13.8. The van der Waals surface area contributed by atoms with Gasteiger partial charge >= 0.3 is 0 Å². The second kappa shape index (κ2) is 7.04. The van der Waals surface area contributed by atoms with Gasteiger partial charge in [0.25, 0.3) is 0 Å². The minimum atomic E-state index is 0.172. The Kier molecular flexibility index (Phi) is 4.60. The fraction of sp³-hybridized carbons (Fsp3) is 0.273. The van der Waals surface area contributed by atoms with Crippen molar-refractivity contribution in [1.82, 2.24) is 4.98 Å².